The van der Waals surface area contributed by atoms with E-state index in [9.17, 15) is 9.59 Å². The van der Waals surface area contributed by atoms with Gasteiger partial charge in [-0.3, -0.25) is 19.0 Å². The van der Waals surface area contributed by atoms with E-state index in [2.05, 4.69) is 34.6 Å². The Labute approximate surface area is 201 Å². The van der Waals surface area contributed by atoms with Crippen molar-refractivity contribution in [2.24, 2.45) is 18.4 Å². The molecule has 4 rings (SSSR count). The molecular weight excluding hydrogens is 434 g/mol. The van der Waals surface area contributed by atoms with Gasteiger partial charge in [-0.15, -0.1) is 5.10 Å². The van der Waals surface area contributed by atoms with Crippen LogP contribution in [0.2, 0.25) is 0 Å². The average Bonchev–Trinajstić information content (AvgIpc) is 3.41. The second-order valence-corrected chi connectivity index (χ2v) is 10.1. The lowest BCUT2D eigenvalue weighted by molar-refractivity contribution is -0.134. The molecule has 10 heteroatoms. The molecule has 1 spiro atoms. The van der Waals surface area contributed by atoms with E-state index >= 15 is 0 Å². The number of fused-ring (bicyclic) bond motifs is 2. The first-order chi connectivity index (χ1) is 16.4. The van der Waals surface area contributed by atoms with Crippen molar-refractivity contribution in [3.63, 3.8) is 0 Å². The fraction of sp³-hybridized carbons (Fsp3) is 0.708. The number of hydrogen-bond donors (Lipinski definition) is 1. The normalized spacial score (nSPS) is 19.8. The highest BCUT2D eigenvalue weighted by Crippen LogP contribution is 2.37. The fourth-order valence-corrected chi connectivity index (χ4v) is 4.99. The lowest BCUT2D eigenvalue weighted by Gasteiger charge is -2.41. The predicted molar refractivity (Wildman–Crippen MR) is 126 cm³/mol. The fourth-order valence-electron chi connectivity index (χ4n) is 4.99. The lowest BCUT2D eigenvalue weighted by atomic mass is 9.73. The third-order valence-electron chi connectivity index (χ3n) is 6.92. The van der Waals surface area contributed by atoms with E-state index < -0.39 is 5.41 Å². The zero-order valence-corrected chi connectivity index (χ0v) is 20.6. The summed E-state index contributed by atoms with van der Waals surface area (Å²) in [7, 11) is 1.83. The molecule has 0 aliphatic carbocycles. The lowest BCUT2D eigenvalue weighted by Crippen LogP contribution is -2.51. The first-order valence-corrected chi connectivity index (χ1v) is 12.4. The van der Waals surface area contributed by atoms with E-state index in [-0.39, 0.29) is 11.8 Å². The molecule has 2 aromatic rings. The summed E-state index contributed by atoms with van der Waals surface area (Å²) in [6.07, 6.45) is 6.75. The number of carbonyl (C=O) groups is 2. The van der Waals surface area contributed by atoms with E-state index in [1.807, 2.05) is 28.9 Å². The summed E-state index contributed by atoms with van der Waals surface area (Å²) in [6.45, 7) is 7.49. The van der Waals surface area contributed by atoms with Gasteiger partial charge in [0, 0.05) is 33.2 Å². The van der Waals surface area contributed by atoms with Crippen LogP contribution in [0.4, 0.5) is 0 Å². The van der Waals surface area contributed by atoms with Crippen molar-refractivity contribution in [2.75, 3.05) is 26.2 Å². The van der Waals surface area contributed by atoms with Gasteiger partial charge in [-0.25, -0.2) is 0 Å². The van der Waals surface area contributed by atoms with E-state index in [4.69, 9.17) is 4.74 Å². The minimum Gasteiger partial charge on any atom is -0.373 e. The number of aromatic nitrogens is 5. The molecule has 34 heavy (non-hydrogen) atoms. The third-order valence-corrected chi connectivity index (χ3v) is 6.92. The number of carbonyl (C=O) groups excluding carboxylic acids is 2. The molecule has 10 nitrogen and oxygen atoms in total. The van der Waals surface area contributed by atoms with Gasteiger partial charge in [0.15, 0.2) is 0 Å². The quantitative estimate of drug-likeness (QED) is 0.733. The summed E-state index contributed by atoms with van der Waals surface area (Å²) in [6, 6.07) is 1.91. The van der Waals surface area contributed by atoms with Crippen molar-refractivity contribution in [1.82, 2.24) is 35.0 Å². The Kier molecular flexibility index (Phi) is 7.65. The number of ether oxygens (including phenoxy) is 1. The Bertz CT molecular complexity index is 989. The molecule has 1 fully saturated rings. The molecule has 1 saturated heterocycles. The number of nitrogens with one attached hydrogen (secondary N) is 1. The summed E-state index contributed by atoms with van der Waals surface area (Å²) in [5.41, 5.74) is 1.92. The molecule has 2 amide bonds. The van der Waals surface area contributed by atoms with Crippen molar-refractivity contribution in [3.05, 3.63) is 29.3 Å². The minimum absolute atomic E-state index is 0.00320. The summed E-state index contributed by atoms with van der Waals surface area (Å²) in [5, 5.41) is 15.9. The number of hydrogen-bond acceptors (Lipinski definition) is 6. The van der Waals surface area contributed by atoms with Crippen LogP contribution in [0.3, 0.4) is 0 Å². The molecule has 0 saturated carbocycles. The Balaban J connectivity index is 1.40. The zero-order chi connectivity index (χ0) is 24.1. The van der Waals surface area contributed by atoms with Gasteiger partial charge in [-0.05, 0) is 44.1 Å². The monoisotopic (exact) mass is 471 g/mol. The maximum atomic E-state index is 13.3. The maximum absolute atomic E-state index is 13.3. The van der Waals surface area contributed by atoms with Gasteiger partial charge in [0.05, 0.1) is 30.5 Å². The minimum atomic E-state index is -0.455. The number of aryl methyl sites for hydroxylation is 2. The van der Waals surface area contributed by atoms with Crippen LogP contribution in [0.25, 0.3) is 0 Å². The van der Waals surface area contributed by atoms with E-state index in [1.165, 1.54) is 0 Å². The second kappa shape index (κ2) is 10.7. The van der Waals surface area contributed by atoms with Crippen LogP contribution in [0, 0.1) is 11.3 Å². The molecule has 0 radical (unpaired) electrons. The van der Waals surface area contributed by atoms with Gasteiger partial charge in [0.2, 0.25) is 5.91 Å². The van der Waals surface area contributed by atoms with Crippen molar-refractivity contribution >= 4 is 11.8 Å². The standard InChI is InChI=1S/C24H37N7O3/c1-18(2)14-19-15-21(29(3)27-19)22(32)30-11-7-24(8-12-30)6-4-5-10-31-16-20(26-28-31)17-34-13-9-25-23(24)33/h15-16,18H,4-14,17H2,1-3H3,(H,25,33). The number of likely N-dealkylation sites (tertiary alicyclic amines) is 1. The molecule has 2 aliphatic rings. The van der Waals surface area contributed by atoms with E-state index in [1.54, 1.807) is 4.68 Å². The van der Waals surface area contributed by atoms with Crippen LogP contribution in [0.5, 0.6) is 0 Å². The van der Waals surface area contributed by atoms with Gasteiger partial charge in [0.25, 0.3) is 5.91 Å². The van der Waals surface area contributed by atoms with Crippen molar-refractivity contribution in [1.29, 1.82) is 0 Å². The smallest absolute Gasteiger partial charge is 0.272 e. The first kappa shape index (κ1) is 24.4. The second-order valence-electron chi connectivity index (χ2n) is 10.1. The molecule has 0 unspecified atom stereocenters. The van der Waals surface area contributed by atoms with Crippen molar-refractivity contribution < 1.29 is 14.3 Å². The van der Waals surface area contributed by atoms with Gasteiger partial charge >= 0.3 is 0 Å². The summed E-state index contributed by atoms with van der Waals surface area (Å²) < 4.78 is 9.18. The number of amides is 2. The highest BCUT2D eigenvalue weighted by Gasteiger charge is 2.42. The molecule has 0 atom stereocenters. The SMILES string of the molecule is CC(C)Cc1cc(C(=O)N2CCC3(CCCCn4cc(nn4)COCCNC3=O)CC2)n(C)n1. The Morgan fingerprint density at radius 2 is 2.00 bits per heavy atom. The van der Waals surface area contributed by atoms with Crippen LogP contribution in [-0.2, 0) is 36.2 Å². The first-order valence-electron chi connectivity index (χ1n) is 12.4. The van der Waals surface area contributed by atoms with Crippen LogP contribution in [0.15, 0.2) is 12.3 Å². The molecular formula is C24H37N7O3. The Hall–Kier alpha value is -2.75. The van der Waals surface area contributed by atoms with Crippen LogP contribution >= 0.6 is 0 Å². The van der Waals surface area contributed by atoms with Gasteiger partial charge < -0.3 is 15.0 Å². The highest BCUT2D eigenvalue weighted by atomic mass is 16.5. The van der Waals surface area contributed by atoms with Gasteiger partial charge in [0.1, 0.15) is 11.4 Å². The largest absolute Gasteiger partial charge is 0.373 e. The number of piperidine rings is 1. The number of rotatable bonds is 3. The van der Waals surface area contributed by atoms with Crippen LogP contribution in [0.1, 0.15) is 67.8 Å². The Morgan fingerprint density at radius 3 is 2.76 bits per heavy atom. The number of nitrogens with zero attached hydrogens (tertiary/aromatic N) is 6. The molecule has 0 aromatic carbocycles. The van der Waals surface area contributed by atoms with Crippen LogP contribution < -0.4 is 5.32 Å². The molecule has 2 bridgehead atoms. The molecule has 2 aliphatic heterocycles. The van der Waals surface area contributed by atoms with E-state index in [0.717, 1.165) is 43.6 Å². The topological polar surface area (TPSA) is 107 Å². The summed E-state index contributed by atoms with van der Waals surface area (Å²) in [4.78, 5) is 28.4. The highest BCUT2D eigenvalue weighted by molar-refractivity contribution is 5.93. The van der Waals surface area contributed by atoms with Gasteiger partial charge in [-0.1, -0.05) is 25.5 Å². The third kappa shape index (κ3) is 5.65. The van der Waals surface area contributed by atoms with Gasteiger partial charge in [-0.2, -0.15) is 5.10 Å². The zero-order valence-electron chi connectivity index (χ0n) is 20.6. The van der Waals surface area contributed by atoms with Crippen molar-refractivity contribution in [3.8, 4) is 0 Å². The summed E-state index contributed by atoms with van der Waals surface area (Å²) >= 11 is 0. The van der Waals surface area contributed by atoms with E-state index in [0.29, 0.717) is 57.3 Å². The van der Waals surface area contributed by atoms with Crippen LogP contribution in [-0.4, -0.2) is 67.7 Å². The molecule has 4 heterocycles. The summed E-state index contributed by atoms with van der Waals surface area (Å²) in [5.74, 6) is 0.561. The van der Waals surface area contributed by atoms with Crippen molar-refractivity contribution in [2.45, 2.75) is 65.5 Å². The molecule has 1 N–H and O–H groups in total. The molecule has 186 valence electrons. The predicted octanol–water partition coefficient (Wildman–Crippen LogP) is 1.95. The molecule has 2 aromatic heterocycles. The Morgan fingerprint density at radius 1 is 1.21 bits per heavy atom. The maximum Gasteiger partial charge on any atom is 0.272 e. The average molecular weight is 472 g/mol.